The lowest BCUT2D eigenvalue weighted by Gasteiger charge is -2.44. The van der Waals surface area contributed by atoms with E-state index in [1.54, 1.807) is 11.3 Å². The molecule has 1 aromatic rings. The monoisotopic (exact) mass is 481 g/mol. The summed E-state index contributed by atoms with van der Waals surface area (Å²) in [6.07, 6.45) is 10.4. The molecule has 2 unspecified atom stereocenters. The lowest BCUT2D eigenvalue weighted by Crippen LogP contribution is -2.49. The third-order valence-corrected chi connectivity index (χ3v) is 9.15. The molecule has 3 aliphatic rings. The Morgan fingerprint density at radius 3 is 2.53 bits per heavy atom. The molecule has 4 rings (SSSR count). The van der Waals surface area contributed by atoms with Gasteiger partial charge in [0, 0.05) is 48.9 Å². The van der Waals surface area contributed by atoms with Crippen LogP contribution in [0.25, 0.3) is 0 Å². The molecule has 2 aliphatic heterocycles. The van der Waals surface area contributed by atoms with Gasteiger partial charge >= 0.3 is 0 Å². The number of fused-ring (bicyclic) bond motifs is 1. The standard InChI is InChI=1S/C23H35N3O4S2/c1-32(29,30)24-11-8-22(27)25-13-9-18(10-14-25)21-15-19(16-31-21)23(28)26-12-4-6-17-5-2-3-7-20(17)26/h15-18,20,24H,2-14H2,1H3. The molecule has 1 saturated carbocycles. The first kappa shape index (κ1) is 23.7. The van der Waals surface area contributed by atoms with Gasteiger partial charge in [-0.1, -0.05) is 12.8 Å². The molecule has 0 radical (unpaired) electrons. The van der Waals surface area contributed by atoms with Gasteiger partial charge in [-0.2, -0.15) is 0 Å². The van der Waals surface area contributed by atoms with Crippen molar-refractivity contribution in [2.45, 2.75) is 69.7 Å². The Hall–Kier alpha value is -1.45. The number of hydrogen-bond acceptors (Lipinski definition) is 5. The normalized spacial score (nSPS) is 24.9. The highest BCUT2D eigenvalue weighted by molar-refractivity contribution is 7.88. The number of carbonyl (C=O) groups excluding carboxylic acids is 2. The van der Waals surface area contributed by atoms with Crippen LogP contribution >= 0.6 is 11.3 Å². The van der Waals surface area contributed by atoms with Gasteiger partial charge in [-0.25, -0.2) is 13.1 Å². The number of piperidine rings is 2. The van der Waals surface area contributed by atoms with E-state index in [0.29, 0.717) is 31.0 Å². The van der Waals surface area contributed by atoms with Crippen molar-refractivity contribution in [3.8, 4) is 0 Å². The van der Waals surface area contributed by atoms with Crippen molar-refractivity contribution in [3.05, 3.63) is 21.9 Å². The van der Waals surface area contributed by atoms with Gasteiger partial charge in [-0.15, -0.1) is 11.3 Å². The van der Waals surface area contributed by atoms with Crippen LogP contribution in [-0.4, -0.2) is 68.5 Å². The fourth-order valence-electron chi connectivity index (χ4n) is 5.64. The Morgan fingerprint density at radius 2 is 1.78 bits per heavy atom. The van der Waals surface area contributed by atoms with Crippen LogP contribution < -0.4 is 4.72 Å². The smallest absolute Gasteiger partial charge is 0.254 e. The van der Waals surface area contributed by atoms with E-state index in [1.807, 2.05) is 10.3 Å². The molecule has 7 nitrogen and oxygen atoms in total. The fraction of sp³-hybridized carbons (Fsp3) is 0.739. The minimum absolute atomic E-state index is 0.00576. The second kappa shape index (κ2) is 10.2. The van der Waals surface area contributed by atoms with Crippen LogP contribution in [0.3, 0.4) is 0 Å². The van der Waals surface area contributed by atoms with E-state index in [9.17, 15) is 18.0 Å². The molecule has 1 aliphatic carbocycles. The summed E-state index contributed by atoms with van der Waals surface area (Å²) < 4.78 is 24.7. The third kappa shape index (κ3) is 5.72. The van der Waals surface area contributed by atoms with Gasteiger partial charge in [0.1, 0.15) is 0 Å². The number of sulfonamides is 1. The molecule has 0 bridgehead atoms. The van der Waals surface area contributed by atoms with Crippen molar-refractivity contribution in [3.63, 3.8) is 0 Å². The molecular formula is C23H35N3O4S2. The summed E-state index contributed by atoms with van der Waals surface area (Å²) in [4.78, 5) is 30.9. The van der Waals surface area contributed by atoms with Crippen molar-refractivity contribution in [2.75, 3.05) is 32.4 Å². The molecule has 178 valence electrons. The second-order valence-electron chi connectivity index (χ2n) is 9.56. The Balaban J connectivity index is 1.30. The van der Waals surface area contributed by atoms with Crippen LogP contribution in [0.2, 0.25) is 0 Å². The molecule has 1 N–H and O–H groups in total. The van der Waals surface area contributed by atoms with E-state index in [-0.39, 0.29) is 24.8 Å². The average molecular weight is 482 g/mol. The highest BCUT2D eigenvalue weighted by Gasteiger charge is 2.36. The number of carbonyl (C=O) groups is 2. The maximum absolute atomic E-state index is 13.3. The molecule has 32 heavy (non-hydrogen) atoms. The maximum atomic E-state index is 13.3. The van der Waals surface area contributed by atoms with Crippen molar-refractivity contribution >= 4 is 33.2 Å². The van der Waals surface area contributed by atoms with Crippen molar-refractivity contribution in [2.24, 2.45) is 5.92 Å². The molecule has 3 heterocycles. The summed E-state index contributed by atoms with van der Waals surface area (Å²) in [6, 6.07) is 2.53. The van der Waals surface area contributed by atoms with Crippen LogP contribution in [0.15, 0.2) is 11.4 Å². The van der Waals surface area contributed by atoms with Gasteiger partial charge in [0.25, 0.3) is 5.91 Å². The van der Waals surface area contributed by atoms with E-state index in [0.717, 1.165) is 44.0 Å². The first-order valence-corrected chi connectivity index (χ1v) is 14.7. The van der Waals surface area contributed by atoms with E-state index in [2.05, 4.69) is 15.7 Å². The average Bonchev–Trinajstić information content (AvgIpc) is 3.28. The number of thiophene rings is 1. The van der Waals surface area contributed by atoms with Crippen LogP contribution in [0.5, 0.6) is 0 Å². The maximum Gasteiger partial charge on any atom is 0.254 e. The predicted molar refractivity (Wildman–Crippen MR) is 126 cm³/mol. The Labute approximate surface area is 195 Å². The van der Waals surface area contributed by atoms with E-state index < -0.39 is 10.0 Å². The van der Waals surface area contributed by atoms with Crippen LogP contribution in [-0.2, 0) is 14.8 Å². The quantitative estimate of drug-likeness (QED) is 0.676. The van der Waals surface area contributed by atoms with Gasteiger partial charge in [-0.3, -0.25) is 9.59 Å². The van der Waals surface area contributed by atoms with Gasteiger partial charge in [0.05, 0.1) is 11.8 Å². The predicted octanol–water partition coefficient (Wildman–Crippen LogP) is 3.19. The van der Waals surface area contributed by atoms with Gasteiger partial charge in [0.15, 0.2) is 0 Å². The molecule has 9 heteroatoms. The summed E-state index contributed by atoms with van der Waals surface area (Å²) in [5.41, 5.74) is 0.835. The second-order valence-corrected chi connectivity index (χ2v) is 12.3. The summed E-state index contributed by atoms with van der Waals surface area (Å²) in [6.45, 7) is 2.39. The number of nitrogens with one attached hydrogen (secondary N) is 1. The zero-order valence-corrected chi connectivity index (χ0v) is 20.6. The largest absolute Gasteiger partial charge is 0.343 e. The molecule has 3 fully saturated rings. The van der Waals surface area contributed by atoms with Crippen LogP contribution in [0, 0.1) is 5.92 Å². The summed E-state index contributed by atoms with van der Waals surface area (Å²) in [7, 11) is -3.27. The van der Waals surface area contributed by atoms with Crippen molar-refractivity contribution in [1.29, 1.82) is 0 Å². The summed E-state index contributed by atoms with van der Waals surface area (Å²) >= 11 is 1.68. The third-order valence-electron chi connectivity index (χ3n) is 7.32. The molecule has 2 saturated heterocycles. The summed E-state index contributed by atoms with van der Waals surface area (Å²) in [5, 5.41) is 2.03. The number of likely N-dealkylation sites (tertiary alicyclic amines) is 2. The molecular weight excluding hydrogens is 446 g/mol. The molecule has 1 aromatic heterocycles. The number of rotatable bonds is 6. The minimum Gasteiger partial charge on any atom is -0.343 e. The zero-order chi connectivity index (χ0) is 22.7. The number of amides is 2. The number of nitrogens with zero attached hydrogens (tertiary/aromatic N) is 2. The molecule has 2 amide bonds. The van der Waals surface area contributed by atoms with Crippen LogP contribution in [0.4, 0.5) is 0 Å². The Bertz CT molecular complexity index is 919. The Kier molecular flexibility index (Phi) is 7.57. The van der Waals surface area contributed by atoms with E-state index in [1.165, 1.54) is 30.6 Å². The lowest BCUT2D eigenvalue weighted by atomic mass is 9.78. The molecule has 2 atom stereocenters. The number of hydrogen-bond donors (Lipinski definition) is 1. The van der Waals surface area contributed by atoms with Gasteiger partial charge in [0.2, 0.25) is 15.9 Å². The summed E-state index contributed by atoms with van der Waals surface area (Å²) in [5.74, 6) is 1.27. The van der Waals surface area contributed by atoms with E-state index in [4.69, 9.17) is 0 Å². The highest BCUT2D eigenvalue weighted by Crippen LogP contribution is 2.37. The van der Waals surface area contributed by atoms with Gasteiger partial charge in [-0.05, 0) is 56.4 Å². The Morgan fingerprint density at radius 1 is 1.06 bits per heavy atom. The van der Waals surface area contributed by atoms with Crippen molar-refractivity contribution in [1.82, 2.24) is 14.5 Å². The fourth-order valence-corrected chi connectivity index (χ4v) is 7.16. The lowest BCUT2D eigenvalue weighted by molar-refractivity contribution is -0.132. The zero-order valence-electron chi connectivity index (χ0n) is 18.9. The topological polar surface area (TPSA) is 86.8 Å². The molecule has 0 aromatic carbocycles. The first-order valence-electron chi connectivity index (χ1n) is 11.9. The first-order chi connectivity index (χ1) is 15.3. The van der Waals surface area contributed by atoms with Gasteiger partial charge < -0.3 is 9.80 Å². The highest BCUT2D eigenvalue weighted by atomic mass is 32.2. The van der Waals surface area contributed by atoms with Crippen LogP contribution in [0.1, 0.15) is 78.9 Å². The van der Waals surface area contributed by atoms with E-state index >= 15 is 0 Å². The SMILES string of the molecule is CS(=O)(=O)NCCC(=O)N1CCC(c2cc(C(=O)N3CCCC4CCCCC43)cs2)CC1. The minimum atomic E-state index is -3.27. The molecule has 0 spiro atoms. The van der Waals surface area contributed by atoms with Crippen molar-refractivity contribution < 1.29 is 18.0 Å².